The second-order valence-corrected chi connectivity index (χ2v) is 3.78. The molecular formula is C10H17N3O2. The molecule has 0 bridgehead atoms. The molecule has 0 amide bonds. The van der Waals surface area contributed by atoms with E-state index in [2.05, 4.69) is 10.3 Å². The number of hydrogen-bond donors (Lipinski definition) is 0. The number of aromatic nitrogens is 3. The van der Waals surface area contributed by atoms with Crippen LogP contribution in [0.1, 0.15) is 32.5 Å². The molecule has 0 spiro atoms. The van der Waals surface area contributed by atoms with Gasteiger partial charge < -0.3 is 4.74 Å². The van der Waals surface area contributed by atoms with Gasteiger partial charge in [0.2, 0.25) is 0 Å². The van der Waals surface area contributed by atoms with Crippen molar-refractivity contribution in [1.82, 2.24) is 15.0 Å². The maximum Gasteiger partial charge on any atom is 0.331 e. The predicted molar refractivity (Wildman–Crippen MR) is 55.3 cm³/mol. The first-order chi connectivity index (χ1) is 7.06. The highest BCUT2D eigenvalue weighted by molar-refractivity contribution is 5.74. The number of ether oxygens (including phenoxy) is 1. The maximum atomic E-state index is 11.7. The van der Waals surface area contributed by atoms with E-state index in [0.717, 1.165) is 5.69 Å². The van der Waals surface area contributed by atoms with Gasteiger partial charge in [-0.3, -0.25) is 0 Å². The molecule has 1 atom stereocenters. The highest BCUT2D eigenvalue weighted by Gasteiger charge is 2.26. The quantitative estimate of drug-likeness (QED) is 0.705. The Morgan fingerprint density at radius 2 is 2.27 bits per heavy atom. The number of rotatable bonds is 4. The summed E-state index contributed by atoms with van der Waals surface area (Å²) >= 11 is 0. The van der Waals surface area contributed by atoms with E-state index in [1.54, 1.807) is 17.8 Å². The highest BCUT2D eigenvalue weighted by atomic mass is 16.5. The fourth-order valence-electron chi connectivity index (χ4n) is 1.41. The van der Waals surface area contributed by atoms with Crippen LogP contribution in [0.5, 0.6) is 0 Å². The van der Waals surface area contributed by atoms with Gasteiger partial charge >= 0.3 is 5.97 Å². The van der Waals surface area contributed by atoms with Crippen LogP contribution in [0.15, 0.2) is 6.20 Å². The predicted octanol–water partition coefficient (Wildman–Crippen LogP) is 1.35. The first-order valence-corrected chi connectivity index (χ1v) is 5.11. The molecule has 0 unspecified atom stereocenters. The Labute approximate surface area is 89.4 Å². The molecule has 0 aliphatic rings. The van der Waals surface area contributed by atoms with Crippen molar-refractivity contribution in [3.63, 3.8) is 0 Å². The molecule has 0 saturated heterocycles. The molecule has 5 nitrogen and oxygen atoms in total. The van der Waals surface area contributed by atoms with E-state index < -0.39 is 0 Å². The number of nitrogens with zero attached hydrogens (tertiary/aromatic N) is 3. The minimum Gasteiger partial charge on any atom is -0.464 e. The molecule has 0 radical (unpaired) electrons. The third kappa shape index (κ3) is 2.78. The van der Waals surface area contributed by atoms with Gasteiger partial charge in [-0.1, -0.05) is 19.1 Å². The summed E-state index contributed by atoms with van der Waals surface area (Å²) in [6, 6.07) is -0.383. The summed E-state index contributed by atoms with van der Waals surface area (Å²) in [5, 5.41) is 7.77. The standard InChI is InChI=1S/C10H17N3O2/c1-5-15-10(14)9(7(2)3)13-6-8(4)11-12-13/h6-7,9H,5H2,1-4H3/t9-/m0/s1. The molecule has 5 heteroatoms. The van der Waals surface area contributed by atoms with Gasteiger partial charge in [-0.05, 0) is 19.8 Å². The molecule has 0 N–H and O–H groups in total. The third-order valence-corrected chi connectivity index (χ3v) is 2.07. The normalized spacial score (nSPS) is 12.9. The van der Waals surface area contributed by atoms with Crippen LogP contribution in [0.25, 0.3) is 0 Å². The van der Waals surface area contributed by atoms with Gasteiger partial charge in [0.05, 0.1) is 12.3 Å². The Bertz CT molecular complexity index is 333. The molecule has 84 valence electrons. The van der Waals surface area contributed by atoms with Crippen molar-refractivity contribution in [3.8, 4) is 0 Å². The SMILES string of the molecule is CCOC(=O)[C@H](C(C)C)n1cc(C)nn1. The summed E-state index contributed by atoms with van der Waals surface area (Å²) in [5.74, 6) is -0.123. The lowest BCUT2D eigenvalue weighted by molar-refractivity contribution is -0.149. The third-order valence-electron chi connectivity index (χ3n) is 2.07. The van der Waals surface area contributed by atoms with Gasteiger partial charge in [0.1, 0.15) is 0 Å². The molecule has 0 aliphatic heterocycles. The van der Waals surface area contributed by atoms with Crippen molar-refractivity contribution in [2.24, 2.45) is 5.92 Å². The number of hydrogen-bond acceptors (Lipinski definition) is 4. The summed E-state index contributed by atoms with van der Waals surface area (Å²) in [6.45, 7) is 7.93. The van der Waals surface area contributed by atoms with Crippen LogP contribution in [0.3, 0.4) is 0 Å². The second kappa shape index (κ2) is 4.91. The maximum absolute atomic E-state index is 11.7. The lowest BCUT2D eigenvalue weighted by Crippen LogP contribution is -2.27. The largest absolute Gasteiger partial charge is 0.464 e. The van der Waals surface area contributed by atoms with Crippen LogP contribution in [0, 0.1) is 12.8 Å². The molecule has 0 saturated carbocycles. The molecule has 0 aromatic carbocycles. The highest BCUT2D eigenvalue weighted by Crippen LogP contribution is 2.18. The molecular weight excluding hydrogens is 194 g/mol. The molecule has 0 aliphatic carbocycles. The number of esters is 1. The van der Waals surface area contributed by atoms with E-state index in [-0.39, 0.29) is 17.9 Å². The molecule has 0 fully saturated rings. The van der Waals surface area contributed by atoms with Gasteiger partial charge in [-0.2, -0.15) is 0 Å². The van der Waals surface area contributed by atoms with Crippen molar-refractivity contribution in [3.05, 3.63) is 11.9 Å². The van der Waals surface area contributed by atoms with E-state index in [1.165, 1.54) is 0 Å². The van der Waals surface area contributed by atoms with Crippen LogP contribution in [0.2, 0.25) is 0 Å². The number of carbonyl (C=O) groups is 1. The number of carbonyl (C=O) groups excluding carboxylic acids is 1. The molecule has 1 aromatic heterocycles. The van der Waals surface area contributed by atoms with Crippen LogP contribution < -0.4 is 0 Å². The molecule has 1 aromatic rings. The fourth-order valence-corrected chi connectivity index (χ4v) is 1.41. The summed E-state index contributed by atoms with van der Waals surface area (Å²) in [5.41, 5.74) is 0.796. The first-order valence-electron chi connectivity index (χ1n) is 5.11. The minimum absolute atomic E-state index is 0.130. The smallest absolute Gasteiger partial charge is 0.331 e. The Kier molecular flexibility index (Phi) is 3.82. The van der Waals surface area contributed by atoms with Gasteiger partial charge in [0.15, 0.2) is 6.04 Å². The van der Waals surface area contributed by atoms with Crippen molar-refractivity contribution >= 4 is 5.97 Å². The second-order valence-electron chi connectivity index (χ2n) is 3.78. The van der Waals surface area contributed by atoms with E-state index in [4.69, 9.17) is 4.74 Å². The zero-order valence-corrected chi connectivity index (χ0v) is 9.60. The lowest BCUT2D eigenvalue weighted by atomic mass is 10.1. The molecule has 1 heterocycles. The van der Waals surface area contributed by atoms with Gasteiger partial charge in [0.25, 0.3) is 0 Å². The van der Waals surface area contributed by atoms with Crippen molar-refractivity contribution in [2.75, 3.05) is 6.61 Å². The van der Waals surface area contributed by atoms with Crippen molar-refractivity contribution < 1.29 is 9.53 Å². The molecule has 15 heavy (non-hydrogen) atoms. The molecule has 1 rings (SSSR count). The average Bonchev–Trinajstić information content (AvgIpc) is 2.51. The Hall–Kier alpha value is -1.39. The topological polar surface area (TPSA) is 57.0 Å². The minimum atomic E-state index is -0.383. The van der Waals surface area contributed by atoms with Gasteiger partial charge in [0, 0.05) is 6.20 Å². The first kappa shape index (κ1) is 11.7. The van der Waals surface area contributed by atoms with E-state index in [0.29, 0.717) is 6.61 Å². The summed E-state index contributed by atoms with van der Waals surface area (Å²) in [6.07, 6.45) is 1.75. The van der Waals surface area contributed by atoms with E-state index in [9.17, 15) is 4.79 Å². The van der Waals surface area contributed by atoms with Crippen LogP contribution in [-0.4, -0.2) is 27.6 Å². The van der Waals surface area contributed by atoms with Gasteiger partial charge in [-0.25, -0.2) is 9.48 Å². The Morgan fingerprint density at radius 3 is 2.67 bits per heavy atom. The lowest BCUT2D eigenvalue weighted by Gasteiger charge is -2.18. The summed E-state index contributed by atoms with van der Waals surface area (Å²) in [4.78, 5) is 11.7. The summed E-state index contributed by atoms with van der Waals surface area (Å²) < 4.78 is 6.57. The van der Waals surface area contributed by atoms with Crippen LogP contribution in [0.4, 0.5) is 0 Å². The zero-order valence-electron chi connectivity index (χ0n) is 9.60. The van der Waals surface area contributed by atoms with E-state index in [1.807, 2.05) is 20.8 Å². The number of aryl methyl sites for hydroxylation is 1. The zero-order chi connectivity index (χ0) is 11.4. The van der Waals surface area contributed by atoms with Crippen molar-refractivity contribution in [1.29, 1.82) is 0 Å². The van der Waals surface area contributed by atoms with Crippen LogP contribution in [-0.2, 0) is 9.53 Å². The monoisotopic (exact) mass is 211 g/mol. The van der Waals surface area contributed by atoms with Crippen LogP contribution >= 0.6 is 0 Å². The van der Waals surface area contributed by atoms with Crippen molar-refractivity contribution in [2.45, 2.75) is 33.7 Å². The summed E-state index contributed by atoms with van der Waals surface area (Å²) in [7, 11) is 0. The Morgan fingerprint density at radius 1 is 1.60 bits per heavy atom. The van der Waals surface area contributed by atoms with E-state index >= 15 is 0 Å². The Balaban J connectivity index is 2.88. The van der Waals surface area contributed by atoms with Gasteiger partial charge in [-0.15, -0.1) is 5.10 Å². The average molecular weight is 211 g/mol. The fraction of sp³-hybridized carbons (Fsp3) is 0.700.